The molecule has 2 heterocycles. The van der Waals surface area contributed by atoms with E-state index < -0.39 is 0 Å². The molecule has 1 aliphatic heterocycles. The Morgan fingerprint density at radius 1 is 1.22 bits per heavy atom. The molecule has 0 saturated heterocycles. The topological polar surface area (TPSA) is 72.1 Å². The van der Waals surface area contributed by atoms with Gasteiger partial charge in [0.15, 0.2) is 0 Å². The molecule has 0 bridgehead atoms. The SMILES string of the molecule is Nc1ncc2c(n1)CN(C1CCCCCC1)C2=O. The Morgan fingerprint density at radius 3 is 2.67 bits per heavy atom. The van der Waals surface area contributed by atoms with E-state index in [1.807, 2.05) is 4.90 Å². The van der Waals surface area contributed by atoms with E-state index >= 15 is 0 Å². The molecule has 1 aromatic heterocycles. The van der Waals surface area contributed by atoms with Crippen LogP contribution in [0.5, 0.6) is 0 Å². The smallest absolute Gasteiger partial charge is 0.257 e. The fourth-order valence-electron chi connectivity index (χ4n) is 2.98. The van der Waals surface area contributed by atoms with Gasteiger partial charge in [-0.15, -0.1) is 0 Å². The normalized spacial score (nSPS) is 20.9. The van der Waals surface area contributed by atoms with Crippen molar-refractivity contribution < 1.29 is 4.79 Å². The highest BCUT2D eigenvalue weighted by molar-refractivity contribution is 5.97. The van der Waals surface area contributed by atoms with E-state index in [0.717, 1.165) is 18.5 Å². The Bertz CT molecular complexity index is 466. The largest absolute Gasteiger partial charge is 0.368 e. The van der Waals surface area contributed by atoms with Crippen LogP contribution < -0.4 is 5.73 Å². The number of fused-ring (bicyclic) bond motifs is 1. The molecule has 2 N–H and O–H groups in total. The molecular weight excluding hydrogens is 228 g/mol. The van der Waals surface area contributed by atoms with Crippen LogP contribution in [0.25, 0.3) is 0 Å². The first-order valence-corrected chi connectivity index (χ1v) is 6.68. The molecule has 1 fully saturated rings. The fourth-order valence-corrected chi connectivity index (χ4v) is 2.98. The summed E-state index contributed by atoms with van der Waals surface area (Å²) in [5.41, 5.74) is 6.99. The van der Waals surface area contributed by atoms with Gasteiger partial charge >= 0.3 is 0 Å². The molecule has 1 saturated carbocycles. The number of anilines is 1. The highest BCUT2D eigenvalue weighted by Crippen LogP contribution is 2.29. The molecule has 0 atom stereocenters. The summed E-state index contributed by atoms with van der Waals surface area (Å²) in [6, 6.07) is 0.371. The second kappa shape index (κ2) is 4.55. The molecule has 1 aromatic rings. The monoisotopic (exact) mass is 246 g/mol. The van der Waals surface area contributed by atoms with Crippen molar-refractivity contribution in [2.45, 2.75) is 51.1 Å². The van der Waals surface area contributed by atoms with Crippen molar-refractivity contribution in [1.29, 1.82) is 0 Å². The first-order chi connectivity index (χ1) is 8.75. The molecule has 0 radical (unpaired) electrons. The Morgan fingerprint density at radius 2 is 1.94 bits per heavy atom. The van der Waals surface area contributed by atoms with E-state index in [2.05, 4.69) is 9.97 Å². The third kappa shape index (κ3) is 1.94. The quantitative estimate of drug-likeness (QED) is 0.766. The molecule has 5 heteroatoms. The standard InChI is InChI=1S/C13H18N4O/c14-13-15-7-10-11(16-13)8-17(12(10)18)9-5-3-1-2-4-6-9/h7,9H,1-6,8H2,(H2,14,15,16). The molecular formula is C13H18N4O. The van der Waals surface area contributed by atoms with E-state index in [0.29, 0.717) is 18.2 Å². The lowest BCUT2D eigenvalue weighted by Gasteiger charge is -2.26. The number of amides is 1. The maximum absolute atomic E-state index is 12.3. The van der Waals surface area contributed by atoms with Gasteiger partial charge in [-0.2, -0.15) is 0 Å². The highest BCUT2D eigenvalue weighted by Gasteiger charge is 2.34. The van der Waals surface area contributed by atoms with Crippen LogP contribution in [0.4, 0.5) is 5.95 Å². The first kappa shape index (κ1) is 11.4. The van der Waals surface area contributed by atoms with Crippen molar-refractivity contribution in [3.05, 3.63) is 17.5 Å². The number of hydrogen-bond donors (Lipinski definition) is 1. The summed E-state index contributed by atoms with van der Waals surface area (Å²) in [6.07, 6.45) is 8.82. The molecule has 0 spiro atoms. The summed E-state index contributed by atoms with van der Waals surface area (Å²) in [5, 5.41) is 0. The maximum atomic E-state index is 12.3. The van der Waals surface area contributed by atoms with Crippen LogP contribution in [0, 0.1) is 0 Å². The summed E-state index contributed by atoms with van der Waals surface area (Å²) in [7, 11) is 0. The predicted molar refractivity (Wildman–Crippen MR) is 67.8 cm³/mol. The molecule has 0 aromatic carbocycles. The zero-order valence-electron chi connectivity index (χ0n) is 10.4. The molecule has 3 rings (SSSR count). The number of carbonyl (C=O) groups excluding carboxylic acids is 1. The van der Waals surface area contributed by atoms with Crippen molar-refractivity contribution in [1.82, 2.24) is 14.9 Å². The summed E-state index contributed by atoms with van der Waals surface area (Å²) in [6.45, 7) is 0.603. The van der Waals surface area contributed by atoms with Gasteiger partial charge < -0.3 is 10.6 Å². The first-order valence-electron chi connectivity index (χ1n) is 6.68. The Balaban J connectivity index is 1.82. The van der Waals surface area contributed by atoms with Crippen molar-refractivity contribution in [3.63, 3.8) is 0 Å². The van der Waals surface area contributed by atoms with Crippen LogP contribution in [0.1, 0.15) is 54.6 Å². The summed E-state index contributed by atoms with van der Waals surface area (Å²) < 4.78 is 0. The van der Waals surface area contributed by atoms with Gasteiger partial charge in [0.2, 0.25) is 5.95 Å². The van der Waals surface area contributed by atoms with Gasteiger partial charge in [0.1, 0.15) is 0 Å². The van der Waals surface area contributed by atoms with Crippen molar-refractivity contribution in [2.75, 3.05) is 5.73 Å². The number of carbonyl (C=O) groups is 1. The van der Waals surface area contributed by atoms with Gasteiger partial charge in [0, 0.05) is 12.2 Å². The number of hydrogen-bond acceptors (Lipinski definition) is 4. The van der Waals surface area contributed by atoms with E-state index in [1.165, 1.54) is 25.7 Å². The lowest BCUT2D eigenvalue weighted by atomic mass is 10.1. The average molecular weight is 246 g/mol. The third-order valence-electron chi connectivity index (χ3n) is 3.96. The van der Waals surface area contributed by atoms with Crippen LogP contribution in [0.2, 0.25) is 0 Å². The van der Waals surface area contributed by atoms with Crippen molar-refractivity contribution in [2.24, 2.45) is 0 Å². The predicted octanol–water partition coefficient (Wildman–Crippen LogP) is 1.74. The van der Waals surface area contributed by atoms with Gasteiger partial charge in [-0.05, 0) is 12.8 Å². The average Bonchev–Trinajstić information content (AvgIpc) is 2.57. The maximum Gasteiger partial charge on any atom is 0.257 e. The second-order valence-electron chi connectivity index (χ2n) is 5.17. The summed E-state index contributed by atoms with van der Waals surface area (Å²) >= 11 is 0. The minimum Gasteiger partial charge on any atom is -0.368 e. The molecule has 5 nitrogen and oxygen atoms in total. The number of nitrogen functional groups attached to an aromatic ring is 1. The van der Waals surface area contributed by atoms with Crippen LogP contribution in [-0.4, -0.2) is 26.8 Å². The van der Waals surface area contributed by atoms with E-state index in [-0.39, 0.29) is 11.9 Å². The minimum atomic E-state index is 0.0805. The number of nitrogens with zero attached hydrogens (tertiary/aromatic N) is 3. The van der Waals surface area contributed by atoms with Crippen molar-refractivity contribution in [3.8, 4) is 0 Å². The lowest BCUT2D eigenvalue weighted by Crippen LogP contribution is -2.35. The Kier molecular flexibility index (Phi) is 2.89. The molecule has 0 unspecified atom stereocenters. The van der Waals surface area contributed by atoms with Gasteiger partial charge in [0.25, 0.3) is 5.91 Å². The Labute approximate surface area is 106 Å². The molecule has 96 valence electrons. The molecule has 1 aliphatic carbocycles. The molecule has 2 aliphatic rings. The lowest BCUT2D eigenvalue weighted by molar-refractivity contribution is 0.0685. The van der Waals surface area contributed by atoms with E-state index in [4.69, 9.17) is 5.73 Å². The third-order valence-corrected chi connectivity index (χ3v) is 3.96. The van der Waals surface area contributed by atoms with E-state index in [9.17, 15) is 4.79 Å². The number of rotatable bonds is 1. The van der Waals surface area contributed by atoms with Crippen LogP contribution in [-0.2, 0) is 6.54 Å². The van der Waals surface area contributed by atoms with Gasteiger partial charge in [-0.3, -0.25) is 4.79 Å². The highest BCUT2D eigenvalue weighted by atomic mass is 16.2. The van der Waals surface area contributed by atoms with Crippen LogP contribution >= 0.6 is 0 Å². The van der Waals surface area contributed by atoms with Gasteiger partial charge in [0.05, 0.1) is 17.8 Å². The molecule has 1 amide bonds. The van der Waals surface area contributed by atoms with Crippen LogP contribution in [0.15, 0.2) is 6.20 Å². The summed E-state index contributed by atoms with van der Waals surface area (Å²) in [5.74, 6) is 0.334. The molecule has 18 heavy (non-hydrogen) atoms. The fraction of sp³-hybridized carbons (Fsp3) is 0.615. The number of nitrogens with two attached hydrogens (primary N) is 1. The van der Waals surface area contributed by atoms with E-state index in [1.54, 1.807) is 6.20 Å². The zero-order valence-corrected chi connectivity index (χ0v) is 10.4. The number of aromatic nitrogens is 2. The van der Waals surface area contributed by atoms with Crippen molar-refractivity contribution >= 4 is 11.9 Å². The van der Waals surface area contributed by atoms with Gasteiger partial charge in [-0.1, -0.05) is 25.7 Å². The van der Waals surface area contributed by atoms with Gasteiger partial charge in [-0.25, -0.2) is 9.97 Å². The second-order valence-corrected chi connectivity index (χ2v) is 5.17. The minimum absolute atomic E-state index is 0.0805. The Hall–Kier alpha value is -1.65. The van der Waals surface area contributed by atoms with Crippen LogP contribution in [0.3, 0.4) is 0 Å². The summed E-state index contributed by atoms with van der Waals surface area (Å²) in [4.78, 5) is 22.4. The zero-order chi connectivity index (χ0) is 12.5.